The van der Waals surface area contributed by atoms with Gasteiger partial charge in [-0.25, -0.2) is 9.37 Å². The van der Waals surface area contributed by atoms with Crippen molar-refractivity contribution in [2.24, 2.45) is 0 Å². The zero-order valence-electron chi connectivity index (χ0n) is 15.0. The van der Waals surface area contributed by atoms with E-state index < -0.39 is 11.1 Å². The summed E-state index contributed by atoms with van der Waals surface area (Å²) >= 11 is -2.05. The summed E-state index contributed by atoms with van der Waals surface area (Å²) in [6.07, 6.45) is 3.55. The standard InChI is InChI=1S/C20H22FN3O2S/c1-15(24-14-23-13-18(24)12-22-10-11-27(25)26)19-4-2-3-5-20(19)16-6-8-17(21)9-7-16/h2-9,13-15,22H,10-12H2,1H3,(H,25,26)/p-1. The fraction of sp³-hybridized carbons (Fsp3) is 0.250. The fourth-order valence-corrected chi connectivity index (χ4v) is 3.40. The number of nitrogens with zero attached hydrogens (tertiary/aromatic N) is 2. The van der Waals surface area contributed by atoms with Crippen LogP contribution in [0.15, 0.2) is 61.1 Å². The first-order valence-electron chi connectivity index (χ1n) is 8.68. The number of imidazole rings is 1. The van der Waals surface area contributed by atoms with E-state index in [1.54, 1.807) is 24.7 Å². The van der Waals surface area contributed by atoms with Crippen LogP contribution < -0.4 is 5.32 Å². The van der Waals surface area contributed by atoms with Crippen LogP contribution in [0.2, 0.25) is 0 Å². The van der Waals surface area contributed by atoms with Crippen molar-refractivity contribution < 1.29 is 13.2 Å². The maximum Gasteiger partial charge on any atom is 0.123 e. The molecule has 0 bridgehead atoms. The van der Waals surface area contributed by atoms with Gasteiger partial charge in [-0.05, 0) is 35.7 Å². The quantitative estimate of drug-likeness (QED) is 0.476. The van der Waals surface area contributed by atoms with Gasteiger partial charge < -0.3 is 14.4 Å². The minimum Gasteiger partial charge on any atom is -0.772 e. The Labute approximate surface area is 160 Å². The Hall–Kier alpha value is -2.35. The summed E-state index contributed by atoms with van der Waals surface area (Å²) in [4.78, 5) is 4.25. The fourth-order valence-electron chi connectivity index (χ4n) is 3.09. The third kappa shape index (κ3) is 4.88. The molecule has 1 heterocycles. The van der Waals surface area contributed by atoms with E-state index in [4.69, 9.17) is 0 Å². The average molecular weight is 386 g/mol. The van der Waals surface area contributed by atoms with Gasteiger partial charge in [-0.3, -0.25) is 4.21 Å². The van der Waals surface area contributed by atoms with Crippen LogP contribution in [0.25, 0.3) is 11.1 Å². The van der Waals surface area contributed by atoms with E-state index in [0.29, 0.717) is 13.1 Å². The van der Waals surface area contributed by atoms with Crippen LogP contribution >= 0.6 is 0 Å². The van der Waals surface area contributed by atoms with Gasteiger partial charge in [0, 0.05) is 25.0 Å². The number of aromatic nitrogens is 2. The Balaban J connectivity index is 1.83. The molecule has 7 heteroatoms. The first-order valence-corrected chi connectivity index (χ1v) is 9.93. The van der Waals surface area contributed by atoms with Crippen molar-refractivity contribution in [1.82, 2.24) is 14.9 Å². The van der Waals surface area contributed by atoms with Crippen molar-refractivity contribution >= 4 is 11.1 Å². The lowest BCUT2D eigenvalue weighted by Gasteiger charge is -2.21. The zero-order chi connectivity index (χ0) is 19.2. The minimum absolute atomic E-state index is 0.0131. The van der Waals surface area contributed by atoms with E-state index in [1.165, 1.54) is 12.1 Å². The summed E-state index contributed by atoms with van der Waals surface area (Å²) in [6.45, 7) is 3.00. The number of hydrogen-bond donors (Lipinski definition) is 1. The Morgan fingerprint density at radius 2 is 1.96 bits per heavy atom. The van der Waals surface area contributed by atoms with Crippen molar-refractivity contribution in [3.63, 3.8) is 0 Å². The lowest BCUT2D eigenvalue weighted by molar-refractivity contribution is 0.531. The molecule has 1 aromatic heterocycles. The van der Waals surface area contributed by atoms with Crippen LogP contribution in [-0.4, -0.2) is 30.6 Å². The van der Waals surface area contributed by atoms with Crippen molar-refractivity contribution in [3.8, 4) is 11.1 Å². The first kappa shape index (κ1) is 19.4. The summed E-state index contributed by atoms with van der Waals surface area (Å²) in [5, 5.41) is 3.12. The molecule has 0 radical (unpaired) electrons. The van der Waals surface area contributed by atoms with Crippen LogP contribution in [0.4, 0.5) is 4.39 Å². The molecule has 3 aromatic rings. The Kier molecular flexibility index (Phi) is 6.49. The smallest absolute Gasteiger partial charge is 0.123 e. The van der Waals surface area contributed by atoms with Gasteiger partial charge in [0.25, 0.3) is 0 Å². The second kappa shape index (κ2) is 9.03. The summed E-state index contributed by atoms with van der Waals surface area (Å²) in [6, 6.07) is 14.5. The molecule has 27 heavy (non-hydrogen) atoms. The largest absolute Gasteiger partial charge is 0.772 e. The maximum atomic E-state index is 13.3. The molecule has 5 nitrogen and oxygen atoms in total. The summed E-state index contributed by atoms with van der Waals surface area (Å²) in [5.41, 5.74) is 4.06. The maximum absolute atomic E-state index is 13.3. The summed E-state index contributed by atoms with van der Waals surface area (Å²) in [5.74, 6) is -0.178. The second-order valence-electron chi connectivity index (χ2n) is 6.25. The van der Waals surface area contributed by atoms with Gasteiger partial charge in [0.05, 0.1) is 18.1 Å². The van der Waals surface area contributed by atoms with Gasteiger partial charge in [0.15, 0.2) is 0 Å². The molecule has 0 amide bonds. The molecule has 2 unspecified atom stereocenters. The molecule has 0 saturated carbocycles. The minimum atomic E-state index is -2.05. The molecular weight excluding hydrogens is 365 g/mol. The number of benzene rings is 2. The van der Waals surface area contributed by atoms with Gasteiger partial charge in [-0.15, -0.1) is 0 Å². The number of nitrogens with one attached hydrogen (secondary N) is 1. The first-order chi connectivity index (χ1) is 13.1. The molecule has 0 saturated heterocycles. The van der Waals surface area contributed by atoms with Crippen LogP contribution in [-0.2, 0) is 17.6 Å². The molecule has 1 N–H and O–H groups in total. The highest BCUT2D eigenvalue weighted by atomic mass is 32.2. The van der Waals surface area contributed by atoms with Gasteiger partial charge in [0.1, 0.15) is 5.82 Å². The molecular formula is C20H21FN3O2S-. The molecule has 0 spiro atoms. The van der Waals surface area contributed by atoms with E-state index >= 15 is 0 Å². The van der Waals surface area contributed by atoms with Crippen molar-refractivity contribution in [2.45, 2.75) is 19.5 Å². The van der Waals surface area contributed by atoms with Crippen LogP contribution in [0.5, 0.6) is 0 Å². The molecule has 142 valence electrons. The molecule has 0 aliphatic heterocycles. The summed E-state index contributed by atoms with van der Waals surface area (Å²) in [7, 11) is 0. The van der Waals surface area contributed by atoms with Crippen LogP contribution in [0.1, 0.15) is 24.2 Å². The second-order valence-corrected chi connectivity index (χ2v) is 7.26. The zero-order valence-corrected chi connectivity index (χ0v) is 15.8. The molecule has 3 rings (SSSR count). The van der Waals surface area contributed by atoms with Gasteiger partial charge in [-0.1, -0.05) is 47.5 Å². The van der Waals surface area contributed by atoms with Crippen LogP contribution in [0, 0.1) is 5.82 Å². The predicted molar refractivity (Wildman–Crippen MR) is 103 cm³/mol. The lowest BCUT2D eigenvalue weighted by Crippen LogP contribution is -2.22. The Morgan fingerprint density at radius 1 is 1.22 bits per heavy atom. The number of rotatable bonds is 8. The van der Waals surface area contributed by atoms with E-state index in [0.717, 1.165) is 22.4 Å². The molecule has 2 atom stereocenters. The van der Waals surface area contributed by atoms with Gasteiger partial charge in [-0.2, -0.15) is 0 Å². The molecule has 2 aromatic carbocycles. The van der Waals surface area contributed by atoms with Crippen molar-refractivity contribution in [1.29, 1.82) is 0 Å². The van der Waals surface area contributed by atoms with E-state index in [9.17, 15) is 13.2 Å². The highest BCUT2D eigenvalue weighted by Crippen LogP contribution is 2.31. The number of hydrogen-bond acceptors (Lipinski definition) is 4. The Morgan fingerprint density at radius 3 is 2.70 bits per heavy atom. The van der Waals surface area contributed by atoms with E-state index in [1.807, 2.05) is 18.2 Å². The third-order valence-corrected chi connectivity index (χ3v) is 5.02. The molecule has 0 aliphatic carbocycles. The monoisotopic (exact) mass is 386 g/mol. The SMILES string of the molecule is CC(c1ccccc1-c1ccc(F)cc1)n1cncc1CNCCS(=O)[O-]. The molecule has 0 aliphatic rings. The topological polar surface area (TPSA) is 70.0 Å². The van der Waals surface area contributed by atoms with Crippen molar-refractivity contribution in [3.05, 3.63) is 78.1 Å². The highest BCUT2D eigenvalue weighted by Gasteiger charge is 2.15. The summed E-state index contributed by atoms with van der Waals surface area (Å²) < 4.78 is 36.6. The highest BCUT2D eigenvalue weighted by molar-refractivity contribution is 7.79. The van der Waals surface area contributed by atoms with E-state index in [2.05, 4.69) is 27.9 Å². The van der Waals surface area contributed by atoms with E-state index in [-0.39, 0.29) is 17.6 Å². The van der Waals surface area contributed by atoms with Crippen molar-refractivity contribution in [2.75, 3.05) is 12.3 Å². The van der Waals surface area contributed by atoms with Gasteiger partial charge >= 0.3 is 0 Å². The average Bonchev–Trinajstić information content (AvgIpc) is 3.14. The lowest BCUT2D eigenvalue weighted by atomic mass is 9.95. The number of halogens is 1. The Bertz CT molecular complexity index is 912. The normalized spacial score (nSPS) is 13.4. The van der Waals surface area contributed by atoms with Crippen LogP contribution in [0.3, 0.4) is 0 Å². The van der Waals surface area contributed by atoms with Gasteiger partial charge in [0.2, 0.25) is 0 Å². The molecule has 0 fully saturated rings. The third-order valence-electron chi connectivity index (χ3n) is 4.48. The predicted octanol–water partition coefficient (Wildman–Crippen LogP) is 3.27.